The number of nitrogens with one attached hydrogen (secondary N) is 1. The lowest BCUT2D eigenvalue weighted by atomic mass is 10.1. The van der Waals surface area contributed by atoms with Crippen molar-refractivity contribution in [1.29, 1.82) is 0 Å². The van der Waals surface area contributed by atoms with Gasteiger partial charge < -0.3 is 15.3 Å². The normalized spacial score (nSPS) is 33.7. The molecule has 2 N–H and O–H groups in total. The fourth-order valence-electron chi connectivity index (χ4n) is 3.17. The van der Waals surface area contributed by atoms with Crippen LogP contribution in [0.15, 0.2) is 5.16 Å². The van der Waals surface area contributed by atoms with Crippen molar-refractivity contribution in [3.05, 3.63) is 0 Å². The van der Waals surface area contributed by atoms with Crippen LogP contribution >= 0.6 is 0 Å². The molecule has 3 unspecified atom stereocenters. The molecule has 1 amide bonds. The van der Waals surface area contributed by atoms with Crippen LogP contribution in [0.3, 0.4) is 0 Å². The van der Waals surface area contributed by atoms with E-state index in [0.717, 1.165) is 25.9 Å². The van der Waals surface area contributed by atoms with E-state index in [1.807, 2.05) is 0 Å². The molecule has 0 aromatic carbocycles. The fraction of sp³-hybridized carbons (Fsp3) is 0.750. The first-order valence-corrected chi connectivity index (χ1v) is 6.65. The summed E-state index contributed by atoms with van der Waals surface area (Å²) >= 11 is 0. The standard InChI is InChI=1S/C12H17N3O4/c16-11(10-6-8(12(17)18)14-19-10)13-7-3-5-15-4-1-2-9(7)15/h7,9-10H,1-6H2,(H,13,16)(H,17,18). The smallest absolute Gasteiger partial charge is 0.353 e. The van der Waals surface area contributed by atoms with Gasteiger partial charge in [0.2, 0.25) is 6.10 Å². The van der Waals surface area contributed by atoms with Gasteiger partial charge in [-0.1, -0.05) is 5.16 Å². The Balaban J connectivity index is 1.54. The van der Waals surface area contributed by atoms with Gasteiger partial charge in [-0.25, -0.2) is 4.79 Å². The molecule has 0 spiro atoms. The average Bonchev–Trinajstić information content (AvgIpc) is 3.05. The highest BCUT2D eigenvalue weighted by Crippen LogP contribution is 2.28. The van der Waals surface area contributed by atoms with E-state index in [4.69, 9.17) is 9.94 Å². The molecule has 0 aromatic rings. The molecule has 3 atom stereocenters. The third kappa shape index (κ3) is 2.30. The van der Waals surface area contributed by atoms with Gasteiger partial charge in [0, 0.05) is 25.0 Å². The summed E-state index contributed by atoms with van der Waals surface area (Å²) in [4.78, 5) is 30.0. The first-order chi connectivity index (χ1) is 9.15. The van der Waals surface area contributed by atoms with Crippen LogP contribution < -0.4 is 5.32 Å². The van der Waals surface area contributed by atoms with Gasteiger partial charge in [-0.3, -0.25) is 9.69 Å². The first kappa shape index (κ1) is 12.4. The van der Waals surface area contributed by atoms with Crippen LogP contribution in [0.25, 0.3) is 0 Å². The maximum Gasteiger partial charge on any atom is 0.353 e. The second-order valence-corrected chi connectivity index (χ2v) is 5.29. The molecule has 3 aliphatic heterocycles. The lowest BCUT2D eigenvalue weighted by Gasteiger charge is -2.22. The van der Waals surface area contributed by atoms with Crippen LogP contribution in [0.1, 0.15) is 25.7 Å². The number of amides is 1. The lowest BCUT2D eigenvalue weighted by molar-refractivity contribution is -0.132. The van der Waals surface area contributed by atoms with Gasteiger partial charge in [-0.2, -0.15) is 0 Å². The van der Waals surface area contributed by atoms with Gasteiger partial charge in [0.15, 0.2) is 5.71 Å². The second kappa shape index (κ2) is 4.80. The third-order valence-electron chi connectivity index (χ3n) is 4.14. The summed E-state index contributed by atoms with van der Waals surface area (Å²) in [5.41, 5.74) is -0.0888. The Labute approximate surface area is 110 Å². The molecule has 3 heterocycles. The Morgan fingerprint density at radius 2 is 2.21 bits per heavy atom. The lowest BCUT2D eigenvalue weighted by Crippen LogP contribution is -2.46. The van der Waals surface area contributed by atoms with Crippen LogP contribution in [-0.2, 0) is 14.4 Å². The summed E-state index contributed by atoms with van der Waals surface area (Å²) in [6, 6.07) is 0.595. The summed E-state index contributed by atoms with van der Waals surface area (Å²) in [6.07, 6.45) is 2.51. The van der Waals surface area contributed by atoms with E-state index >= 15 is 0 Å². The van der Waals surface area contributed by atoms with Gasteiger partial charge in [-0.05, 0) is 25.8 Å². The molecule has 2 fully saturated rings. The van der Waals surface area contributed by atoms with Gasteiger partial charge in [0.1, 0.15) is 0 Å². The number of oxime groups is 1. The van der Waals surface area contributed by atoms with Gasteiger partial charge in [0.25, 0.3) is 5.91 Å². The van der Waals surface area contributed by atoms with E-state index in [1.54, 1.807) is 0 Å². The van der Waals surface area contributed by atoms with Crippen molar-refractivity contribution in [2.24, 2.45) is 5.16 Å². The molecular formula is C12H17N3O4. The van der Waals surface area contributed by atoms with Gasteiger partial charge >= 0.3 is 5.97 Å². The Kier molecular flexibility index (Phi) is 3.14. The van der Waals surface area contributed by atoms with Crippen molar-refractivity contribution < 1.29 is 19.5 Å². The van der Waals surface area contributed by atoms with E-state index in [1.165, 1.54) is 6.42 Å². The fourth-order valence-corrected chi connectivity index (χ4v) is 3.17. The molecule has 0 aliphatic carbocycles. The molecule has 3 rings (SSSR count). The number of carbonyl (C=O) groups is 2. The molecule has 3 aliphatic rings. The Morgan fingerprint density at radius 1 is 1.37 bits per heavy atom. The predicted octanol–water partition coefficient (Wildman–Crippen LogP) is -0.431. The zero-order valence-corrected chi connectivity index (χ0v) is 10.5. The van der Waals surface area contributed by atoms with E-state index < -0.39 is 12.1 Å². The van der Waals surface area contributed by atoms with Gasteiger partial charge in [0.05, 0.1) is 0 Å². The Bertz CT molecular complexity index is 437. The van der Waals surface area contributed by atoms with E-state index in [9.17, 15) is 9.59 Å². The third-order valence-corrected chi connectivity index (χ3v) is 4.14. The van der Waals surface area contributed by atoms with Crippen LogP contribution in [0.5, 0.6) is 0 Å². The summed E-state index contributed by atoms with van der Waals surface area (Å²) in [7, 11) is 0. The molecule has 2 saturated heterocycles. The number of carboxylic acid groups (broad SMARTS) is 1. The van der Waals surface area contributed by atoms with E-state index in [-0.39, 0.29) is 24.1 Å². The topological polar surface area (TPSA) is 91.2 Å². The molecule has 0 bridgehead atoms. The van der Waals surface area contributed by atoms with Crippen LogP contribution in [0.2, 0.25) is 0 Å². The van der Waals surface area contributed by atoms with Crippen molar-refractivity contribution in [2.75, 3.05) is 13.1 Å². The summed E-state index contributed by atoms with van der Waals surface area (Å²) in [5.74, 6) is -1.38. The minimum Gasteiger partial charge on any atom is -0.477 e. The Hall–Kier alpha value is -1.63. The molecule has 0 saturated carbocycles. The summed E-state index contributed by atoms with van der Waals surface area (Å²) < 4.78 is 0. The quantitative estimate of drug-likeness (QED) is 0.724. The number of carbonyl (C=O) groups excluding carboxylic acids is 1. The molecule has 19 heavy (non-hydrogen) atoms. The predicted molar refractivity (Wildman–Crippen MR) is 65.7 cm³/mol. The highest BCUT2D eigenvalue weighted by molar-refractivity contribution is 6.36. The van der Waals surface area contributed by atoms with E-state index in [2.05, 4.69) is 15.4 Å². The van der Waals surface area contributed by atoms with Crippen LogP contribution in [0.4, 0.5) is 0 Å². The van der Waals surface area contributed by atoms with Crippen molar-refractivity contribution in [1.82, 2.24) is 10.2 Å². The van der Waals surface area contributed by atoms with Crippen LogP contribution in [-0.4, -0.2) is 58.9 Å². The number of nitrogens with zero attached hydrogens (tertiary/aromatic N) is 2. The van der Waals surface area contributed by atoms with Crippen molar-refractivity contribution in [3.63, 3.8) is 0 Å². The number of hydrogen-bond donors (Lipinski definition) is 2. The van der Waals surface area contributed by atoms with Crippen molar-refractivity contribution in [3.8, 4) is 0 Å². The molecule has 0 radical (unpaired) electrons. The number of rotatable bonds is 3. The number of hydrogen-bond acceptors (Lipinski definition) is 5. The van der Waals surface area contributed by atoms with E-state index in [0.29, 0.717) is 6.04 Å². The molecular weight excluding hydrogens is 250 g/mol. The number of fused-ring (bicyclic) bond motifs is 1. The number of aliphatic carboxylic acids is 1. The zero-order chi connectivity index (χ0) is 13.4. The van der Waals surface area contributed by atoms with Crippen molar-refractivity contribution in [2.45, 2.75) is 43.9 Å². The van der Waals surface area contributed by atoms with Crippen molar-refractivity contribution >= 4 is 17.6 Å². The molecule has 0 aromatic heterocycles. The largest absolute Gasteiger partial charge is 0.477 e. The SMILES string of the molecule is O=C(O)C1=NOC(C(=O)NC2CCN3CCCC23)C1. The Morgan fingerprint density at radius 3 is 2.95 bits per heavy atom. The van der Waals surface area contributed by atoms with Gasteiger partial charge in [-0.15, -0.1) is 0 Å². The summed E-state index contributed by atoms with van der Waals surface area (Å²) in [6.45, 7) is 2.14. The summed E-state index contributed by atoms with van der Waals surface area (Å²) in [5, 5.41) is 15.2. The highest BCUT2D eigenvalue weighted by Gasteiger charge is 2.40. The average molecular weight is 267 g/mol. The second-order valence-electron chi connectivity index (χ2n) is 5.29. The van der Waals surface area contributed by atoms with Crippen LogP contribution in [0, 0.1) is 0 Å². The molecule has 104 valence electrons. The zero-order valence-electron chi connectivity index (χ0n) is 10.5. The first-order valence-electron chi connectivity index (χ1n) is 6.65. The maximum atomic E-state index is 12.0. The molecule has 7 nitrogen and oxygen atoms in total. The monoisotopic (exact) mass is 267 g/mol. The molecule has 7 heteroatoms. The highest BCUT2D eigenvalue weighted by atomic mass is 16.6. The minimum atomic E-state index is -1.13. The maximum absolute atomic E-state index is 12.0. The minimum absolute atomic E-state index is 0.0439. The number of carboxylic acids is 1.